The van der Waals surface area contributed by atoms with E-state index in [2.05, 4.69) is 0 Å². The van der Waals surface area contributed by atoms with Crippen molar-refractivity contribution in [3.05, 3.63) is 21.4 Å². The molecule has 1 aliphatic carbocycles. The number of thiophene rings is 1. The summed E-state index contributed by atoms with van der Waals surface area (Å²) in [5.74, 6) is 0. The molecule has 0 spiro atoms. The van der Waals surface area contributed by atoms with Gasteiger partial charge in [0.15, 0.2) is 5.60 Å². The molecule has 5 heteroatoms. The van der Waals surface area contributed by atoms with Crippen LogP contribution >= 0.6 is 11.3 Å². The lowest BCUT2D eigenvalue weighted by Crippen LogP contribution is -2.38. The van der Waals surface area contributed by atoms with Gasteiger partial charge < -0.3 is 5.11 Å². The first-order valence-electron chi connectivity index (χ1n) is 5.23. The summed E-state index contributed by atoms with van der Waals surface area (Å²) in [4.78, 5) is 1.03. The summed E-state index contributed by atoms with van der Waals surface area (Å²) in [6, 6.07) is 1.52. The molecule has 1 aromatic rings. The molecule has 0 saturated heterocycles. The third-order valence-corrected chi connectivity index (χ3v) is 4.48. The highest BCUT2D eigenvalue weighted by Gasteiger charge is 2.52. The third kappa shape index (κ3) is 1.86. The first kappa shape index (κ1) is 11.9. The number of hydrogen-bond donors (Lipinski definition) is 1. The summed E-state index contributed by atoms with van der Waals surface area (Å²) in [7, 11) is 0. The van der Waals surface area contributed by atoms with Gasteiger partial charge in [0.2, 0.25) is 0 Å². The Kier molecular flexibility index (Phi) is 2.78. The van der Waals surface area contributed by atoms with E-state index in [9.17, 15) is 18.3 Å². The molecule has 1 aromatic heterocycles. The fourth-order valence-corrected chi connectivity index (χ4v) is 3.19. The Hall–Kier alpha value is -0.550. The molecule has 1 atom stereocenters. The molecule has 0 bridgehead atoms. The van der Waals surface area contributed by atoms with Gasteiger partial charge >= 0.3 is 6.18 Å². The van der Waals surface area contributed by atoms with Crippen molar-refractivity contribution in [1.29, 1.82) is 0 Å². The number of halogens is 3. The van der Waals surface area contributed by atoms with Gasteiger partial charge in [-0.15, -0.1) is 11.3 Å². The van der Waals surface area contributed by atoms with E-state index < -0.39 is 11.8 Å². The summed E-state index contributed by atoms with van der Waals surface area (Å²) in [6.45, 7) is 0.824. The lowest BCUT2D eigenvalue weighted by molar-refractivity contribution is -0.257. The van der Waals surface area contributed by atoms with E-state index in [-0.39, 0.29) is 4.88 Å². The molecule has 0 saturated carbocycles. The van der Waals surface area contributed by atoms with Crippen LogP contribution in [0, 0.1) is 0 Å². The maximum Gasteiger partial charge on any atom is 0.421 e. The van der Waals surface area contributed by atoms with Gasteiger partial charge in [-0.3, -0.25) is 0 Å². The highest BCUT2D eigenvalue weighted by atomic mass is 32.1. The van der Waals surface area contributed by atoms with Crippen molar-refractivity contribution in [3.63, 3.8) is 0 Å². The summed E-state index contributed by atoms with van der Waals surface area (Å²) < 4.78 is 37.9. The van der Waals surface area contributed by atoms with Gasteiger partial charge in [-0.05, 0) is 44.2 Å². The van der Waals surface area contributed by atoms with Crippen LogP contribution in [0.1, 0.15) is 35.1 Å². The second kappa shape index (κ2) is 3.74. The molecule has 0 radical (unpaired) electrons. The van der Waals surface area contributed by atoms with Crippen molar-refractivity contribution in [2.24, 2.45) is 0 Å². The average Bonchev–Trinajstić information content (AvgIpc) is 2.59. The van der Waals surface area contributed by atoms with E-state index in [1.807, 2.05) is 0 Å². The minimum Gasteiger partial charge on any atom is -0.376 e. The van der Waals surface area contributed by atoms with Crippen LogP contribution in [0.4, 0.5) is 13.2 Å². The molecular weight excluding hydrogens is 237 g/mol. The zero-order chi connectivity index (χ0) is 12.0. The van der Waals surface area contributed by atoms with Crippen molar-refractivity contribution in [2.75, 3.05) is 0 Å². The summed E-state index contributed by atoms with van der Waals surface area (Å²) in [5.41, 5.74) is -1.73. The topological polar surface area (TPSA) is 20.2 Å². The maximum absolute atomic E-state index is 12.6. The van der Waals surface area contributed by atoms with Crippen LogP contribution in [-0.4, -0.2) is 11.3 Å². The molecular formula is C11H13F3OS. The summed E-state index contributed by atoms with van der Waals surface area (Å²) in [6.07, 6.45) is -0.882. The normalized spacial score (nSPS) is 20.3. The van der Waals surface area contributed by atoms with Gasteiger partial charge in [-0.1, -0.05) is 0 Å². The summed E-state index contributed by atoms with van der Waals surface area (Å²) >= 11 is 1.10. The quantitative estimate of drug-likeness (QED) is 0.810. The highest BCUT2D eigenvalue weighted by molar-refractivity contribution is 7.12. The number of rotatable bonds is 1. The zero-order valence-corrected chi connectivity index (χ0v) is 9.71. The van der Waals surface area contributed by atoms with E-state index in [1.54, 1.807) is 0 Å². The molecule has 1 heterocycles. The fraction of sp³-hybridized carbons (Fsp3) is 0.636. The van der Waals surface area contributed by atoms with Gasteiger partial charge in [0.25, 0.3) is 0 Å². The van der Waals surface area contributed by atoms with E-state index >= 15 is 0 Å². The SMILES string of the molecule is CC(O)(c1cc2c(s1)CCCC2)C(F)(F)F. The van der Waals surface area contributed by atoms with E-state index in [4.69, 9.17) is 0 Å². The van der Waals surface area contributed by atoms with E-state index in [1.165, 1.54) is 6.07 Å². The molecule has 0 aromatic carbocycles. The Morgan fingerprint density at radius 3 is 2.44 bits per heavy atom. The van der Waals surface area contributed by atoms with Crippen molar-refractivity contribution in [2.45, 2.75) is 44.4 Å². The Bertz CT molecular complexity index is 369. The maximum atomic E-state index is 12.6. The Labute approximate surface area is 95.9 Å². The standard InChI is InChI=1S/C11H13F3OS/c1-10(15,11(12,13)14)9-6-7-4-2-3-5-8(7)16-9/h6,15H,2-5H2,1H3. The second-order valence-corrected chi connectivity index (χ2v) is 5.47. The van der Waals surface area contributed by atoms with Crippen LogP contribution in [0.15, 0.2) is 6.07 Å². The molecule has 1 N–H and O–H groups in total. The molecule has 1 unspecified atom stereocenters. The van der Waals surface area contributed by atoms with Crippen molar-refractivity contribution < 1.29 is 18.3 Å². The Balaban J connectivity index is 2.38. The predicted molar refractivity (Wildman–Crippen MR) is 56.6 cm³/mol. The average molecular weight is 250 g/mol. The lowest BCUT2D eigenvalue weighted by atomic mass is 9.97. The third-order valence-electron chi connectivity index (χ3n) is 3.03. The molecule has 1 aliphatic rings. The van der Waals surface area contributed by atoms with Crippen LogP contribution in [0.2, 0.25) is 0 Å². The number of aliphatic hydroxyl groups is 1. The molecule has 2 rings (SSSR count). The predicted octanol–water partition coefficient (Wildman–Crippen LogP) is 3.40. The molecule has 0 aliphatic heterocycles. The first-order valence-corrected chi connectivity index (χ1v) is 6.05. The van der Waals surface area contributed by atoms with E-state index in [0.717, 1.165) is 54.4 Å². The Morgan fingerprint density at radius 1 is 1.25 bits per heavy atom. The Morgan fingerprint density at radius 2 is 1.88 bits per heavy atom. The van der Waals surface area contributed by atoms with Crippen molar-refractivity contribution >= 4 is 11.3 Å². The number of alkyl halides is 3. The smallest absolute Gasteiger partial charge is 0.376 e. The van der Waals surface area contributed by atoms with Crippen LogP contribution < -0.4 is 0 Å². The number of aryl methyl sites for hydroxylation is 2. The van der Waals surface area contributed by atoms with E-state index in [0.29, 0.717) is 0 Å². The van der Waals surface area contributed by atoms with Gasteiger partial charge in [0.05, 0.1) is 0 Å². The highest BCUT2D eigenvalue weighted by Crippen LogP contribution is 2.43. The van der Waals surface area contributed by atoms with Gasteiger partial charge in [0, 0.05) is 9.75 Å². The number of fused-ring (bicyclic) bond motifs is 1. The molecule has 0 fully saturated rings. The molecule has 0 amide bonds. The van der Waals surface area contributed by atoms with Gasteiger partial charge in [-0.25, -0.2) is 0 Å². The second-order valence-electron chi connectivity index (χ2n) is 4.34. The van der Waals surface area contributed by atoms with Gasteiger partial charge in [-0.2, -0.15) is 13.2 Å². The molecule has 1 nitrogen and oxygen atoms in total. The van der Waals surface area contributed by atoms with Crippen molar-refractivity contribution in [1.82, 2.24) is 0 Å². The first-order chi connectivity index (χ1) is 7.32. The summed E-state index contributed by atoms with van der Waals surface area (Å²) in [5, 5.41) is 9.56. The number of hydrogen-bond acceptors (Lipinski definition) is 2. The van der Waals surface area contributed by atoms with Gasteiger partial charge in [0.1, 0.15) is 0 Å². The molecule has 90 valence electrons. The molecule has 16 heavy (non-hydrogen) atoms. The van der Waals surface area contributed by atoms with Crippen LogP contribution in [0.3, 0.4) is 0 Å². The minimum absolute atomic E-state index is 0.0203. The van der Waals surface area contributed by atoms with Crippen molar-refractivity contribution in [3.8, 4) is 0 Å². The van der Waals surface area contributed by atoms with Crippen LogP contribution in [0.25, 0.3) is 0 Å². The monoisotopic (exact) mass is 250 g/mol. The van der Waals surface area contributed by atoms with Crippen LogP contribution in [-0.2, 0) is 18.4 Å². The minimum atomic E-state index is -4.61. The lowest BCUT2D eigenvalue weighted by Gasteiger charge is -2.24. The van der Waals surface area contributed by atoms with Crippen LogP contribution in [0.5, 0.6) is 0 Å². The largest absolute Gasteiger partial charge is 0.421 e. The fourth-order valence-electron chi connectivity index (χ4n) is 1.87. The zero-order valence-electron chi connectivity index (χ0n) is 8.90.